The summed E-state index contributed by atoms with van der Waals surface area (Å²) in [7, 11) is 3.77. The molecular weight excluding hydrogens is 314 g/mol. The second-order valence-corrected chi connectivity index (χ2v) is 6.11. The zero-order chi connectivity index (χ0) is 16.6. The van der Waals surface area contributed by atoms with Crippen LogP contribution in [-0.2, 0) is 6.54 Å². The Morgan fingerprint density at radius 2 is 1.83 bits per heavy atom. The van der Waals surface area contributed by atoms with Crippen molar-refractivity contribution in [3.63, 3.8) is 0 Å². The largest absolute Gasteiger partial charge is 0.507 e. The molecule has 0 spiro atoms. The Kier molecular flexibility index (Phi) is 4.11. The summed E-state index contributed by atoms with van der Waals surface area (Å²) in [5, 5.41) is 11.4. The molecule has 0 aliphatic rings. The molecule has 0 radical (unpaired) electrons. The van der Waals surface area contributed by atoms with E-state index in [4.69, 9.17) is 16.0 Å². The van der Waals surface area contributed by atoms with Crippen LogP contribution in [0.4, 0.5) is 0 Å². The summed E-state index contributed by atoms with van der Waals surface area (Å²) in [6, 6.07) is 12.2. The summed E-state index contributed by atoms with van der Waals surface area (Å²) in [5.74, 6) is 0.119. The van der Waals surface area contributed by atoms with Crippen molar-refractivity contribution in [2.24, 2.45) is 0 Å². The van der Waals surface area contributed by atoms with Gasteiger partial charge in [0.2, 0.25) is 0 Å². The Morgan fingerprint density at radius 1 is 1.13 bits per heavy atom. The van der Waals surface area contributed by atoms with Crippen molar-refractivity contribution < 1.29 is 9.52 Å². The quantitative estimate of drug-likeness (QED) is 0.741. The molecule has 0 bridgehead atoms. The number of hydrogen-bond acceptors (Lipinski definition) is 4. The summed E-state index contributed by atoms with van der Waals surface area (Å²) in [6.07, 6.45) is 0. The fourth-order valence-corrected chi connectivity index (χ4v) is 2.66. The van der Waals surface area contributed by atoms with Crippen LogP contribution < -0.4 is 5.63 Å². The lowest BCUT2D eigenvalue weighted by Gasteiger charge is -2.13. The molecule has 118 valence electrons. The Morgan fingerprint density at radius 3 is 2.48 bits per heavy atom. The average Bonchev–Trinajstić information content (AvgIpc) is 2.51. The van der Waals surface area contributed by atoms with E-state index in [0.717, 1.165) is 10.9 Å². The zero-order valence-electron chi connectivity index (χ0n) is 12.8. The number of hydrogen-bond donors (Lipinski definition) is 1. The van der Waals surface area contributed by atoms with Crippen LogP contribution in [0.25, 0.3) is 22.1 Å². The molecule has 0 unspecified atom stereocenters. The van der Waals surface area contributed by atoms with Crippen LogP contribution in [0.1, 0.15) is 5.56 Å². The normalized spacial score (nSPS) is 11.3. The van der Waals surface area contributed by atoms with E-state index < -0.39 is 5.63 Å². The lowest BCUT2D eigenvalue weighted by atomic mass is 10.0. The molecule has 2 aromatic carbocycles. The maximum absolute atomic E-state index is 12.4. The summed E-state index contributed by atoms with van der Waals surface area (Å²) < 4.78 is 5.52. The first-order valence-corrected chi connectivity index (χ1v) is 7.53. The third kappa shape index (κ3) is 3.09. The topological polar surface area (TPSA) is 53.7 Å². The van der Waals surface area contributed by atoms with Crippen LogP contribution in [0.3, 0.4) is 0 Å². The van der Waals surface area contributed by atoms with Crippen LogP contribution in [0.15, 0.2) is 51.7 Å². The molecule has 0 amide bonds. The van der Waals surface area contributed by atoms with Gasteiger partial charge in [0, 0.05) is 17.0 Å². The van der Waals surface area contributed by atoms with Crippen LogP contribution in [-0.4, -0.2) is 24.1 Å². The van der Waals surface area contributed by atoms with Crippen molar-refractivity contribution in [1.29, 1.82) is 0 Å². The van der Waals surface area contributed by atoms with E-state index in [0.29, 0.717) is 28.3 Å². The number of aromatic hydroxyl groups is 1. The first kappa shape index (κ1) is 15.6. The van der Waals surface area contributed by atoms with E-state index in [-0.39, 0.29) is 5.75 Å². The van der Waals surface area contributed by atoms with Gasteiger partial charge in [-0.05, 0) is 50.0 Å². The molecule has 0 aliphatic carbocycles. The number of nitrogens with zero attached hydrogens (tertiary/aromatic N) is 1. The predicted octanol–water partition coefficient (Wildman–Crippen LogP) is 3.88. The molecule has 0 aliphatic heterocycles. The molecule has 23 heavy (non-hydrogen) atoms. The summed E-state index contributed by atoms with van der Waals surface area (Å²) in [5.41, 5.74) is 1.79. The molecular formula is C18H16ClNO3. The van der Waals surface area contributed by atoms with Gasteiger partial charge < -0.3 is 14.4 Å². The van der Waals surface area contributed by atoms with E-state index in [9.17, 15) is 9.90 Å². The Balaban J connectivity index is 2.21. The second-order valence-electron chi connectivity index (χ2n) is 5.67. The average molecular weight is 330 g/mol. The highest BCUT2D eigenvalue weighted by Crippen LogP contribution is 2.29. The van der Waals surface area contributed by atoms with E-state index >= 15 is 0 Å². The highest BCUT2D eigenvalue weighted by atomic mass is 35.5. The van der Waals surface area contributed by atoms with Crippen molar-refractivity contribution in [2.45, 2.75) is 6.54 Å². The minimum atomic E-state index is -0.439. The van der Waals surface area contributed by atoms with E-state index in [1.165, 1.54) is 0 Å². The van der Waals surface area contributed by atoms with Crippen molar-refractivity contribution >= 4 is 22.6 Å². The van der Waals surface area contributed by atoms with Gasteiger partial charge in [0.25, 0.3) is 0 Å². The van der Waals surface area contributed by atoms with Gasteiger partial charge in [0.15, 0.2) is 0 Å². The van der Waals surface area contributed by atoms with Gasteiger partial charge in [-0.15, -0.1) is 0 Å². The maximum atomic E-state index is 12.4. The zero-order valence-corrected chi connectivity index (χ0v) is 13.6. The first-order chi connectivity index (χ1) is 11.0. The molecule has 3 rings (SSSR count). The fraction of sp³-hybridized carbons (Fsp3) is 0.167. The lowest BCUT2D eigenvalue weighted by molar-refractivity contribution is 0.383. The molecule has 0 saturated heterocycles. The standard InChI is InChI=1S/C18H16ClNO3/c1-20(2)10-15-16(21)8-5-12-9-14(18(22)23-17(12)15)11-3-6-13(19)7-4-11/h3-9,21H,10H2,1-2H3. The molecule has 3 aromatic rings. The summed E-state index contributed by atoms with van der Waals surface area (Å²) in [4.78, 5) is 14.3. The van der Waals surface area contributed by atoms with Crippen molar-refractivity contribution in [3.05, 3.63) is 63.5 Å². The minimum absolute atomic E-state index is 0.119. The molecule has 1 N–H and O–H groups in total. The number of phenolic OH excluding ortho intramolecular Hbond substituents is 1. The number of benzene rings is 2. The Bertz CT molecular complexity index is 914. The second kappa shape index (κ2) is 6.07. The van der Waals surface area contributed by atoms with Crippen LogP contribution >= 0.6 is 11.6 Å². The van der Waals surface area contributed by atoms with Crippen LogP contribution in [0.5, 0.6) is 5.75 Å². The van der Waals surface area contributed by atoms with Crippen molar-refractivity contribution in [3.8, 4) is 16.9 Å². The summed E-state index contributed by atoms with van der Waals surface area (Å²) >= 11 is 5.89. The van der Waals surface area contributed by atoms with Crippen molar-refractivity contribution in [1.82, 2.24) is 4.90 Å². The van der Waals surface area contributed by atoms with Gasteiger partial charge in [0.1, 0.15) is 11.3 Å². The lowest BCUT2D eigenvalue weighted by Crippen LogP contribution is -2.12. The first-order valence-electron chi connectivity index (χ1n) is 7.15. The molecule has 1 heterocycles. The van der Waals surface area contributed by atoms with E-state index in [1.807, 2.05) is 19.0 Å². The predicted molar refractivity (Wildman–Crippen MR) is 92.0 cm³/mol. The number of phenols is 1. The Hall–Kier alpha value is -2.30. The third-order valence-electron chi connectivity index (χ3n) is 3.61. The highest BCUT2D eigenvalue weighted by molar-refractivity contribution is 6.30. The van der Waals surface area contributed by atoms with Gasteiger partial charge in [-0.2, -0.15) is 0 Å². The number of rotatable bonds is 3. The van der Waals surface area contributed by atoms with Gasteiger partial charge in [-0.3, -0.25) is 0 Å². The van der Waals surface area contributed by atoms with E-state index in [1.54, 1.807) is 42.5 Å². The monoisotopic (exact) mass is 329 g/mol. The van der Waals surface area contributed by atoms with Gasteiger partial charge in [-0.25, -0.2) is 4.79 Å². The summed E-state index contributed by atoms with van der Waals surface area (Å²) in [6.45, 7) is 0.479. The van der Waals surface area contributed by atoms with E-state index in [2.05, 4.69) is 0 Å². The van der Waals surface area contributed by atoms with Crippen LogP contribution in [0, 0.1) is 0 Å². The number of fused-ring (bicyclic) bond motifs is 1. The third-order valence-corrected chi connectivity index (χ3v) is 3.86. The van der Waals surface area contributed by atoms with Crippen molar-refractivity contribution in [2.75, 3.05) is 14.1 Å². The SMILES string of the molecule is CN(C)Cc1c(O)ccc2cc(-c3ccc(Cl)cc3)c(=O)oc12. The molecule has 1 aromatic heterocycles. The molecule has 5 heteroatoms. The smallest absolute Gasteiger partial charge is 0.344 e. The van der Waals surface area contributed by atoms with Crippen LogP contribution in [0.2, 0.25) is 5.02 Å². The Labute approximate surface area is 138 Å². The minimum Gasteiger partial charge on any atom is -0.507 e. The maximum Gasteiger partial charge on any atom is 0.344 e. The molecule has 0 atom stereocenters. The molecule has 4 nitrogen and oxygen atoms in total. The number of halogens is 1. The van der Waals surface area contributed by atoms with Gasteiger partial charge in [0.05, 0.1) is 11.1 Å². The van der Waals surface area contributed by atoms with Gasteiger partial charge >= 0.3 is 5.63 Å². The fourth-order valence-electron chi connectivity index (χ4n) is 2.53. The van der Waals surface area contributed by atoms with Gasteiger partial charge in [-0.1, -0.05) is 23.7 Å². The highest BCUT2D eigenvalue weighted by Gasteiger charge is 2.14. The molecule has 0 saturated carbocycles. The molecule has 0 fully saturated rings.